The third-order valence-corrected chi connectivity index (χ3v) is 6.10. The summed E-state index contributed by atoms with van der Waals surface area (Å²) in [6, 6.07) is 7.95. The molecule has 1 N–H and O–H groups in total. The molecule has 1 aliphatic carbocycles. The van der Waals surface area contributed by atoms with Crippen molar-refractivity contribution in [2.45, 2.75) is 52.9 Å². The van der Waals surface area contributed by atoms with Gasteiger partial charge in [-0.1, -0.05) is 39.0 Å². The Morgan fingerprint density at radius 1 is 1.30 bits per heavy atom. The van der Waals surface area contributed by atoms with E-state index in [0.29, 0.717) is 18.6 Å². The van der Waals surface area contributed by atoms with Gasteiger partial charge in [0.25, 0.3) is 0 Å². The number of hydrogen-bond donors (Lipinski definition) is 1. The first-order valence-corrected chi connectivity index (χ1v) is 10.5. The Morgan fingerprint density at radius 2 is 2.00 bits per heavy atom. The van der Waals surface area contributed by atoms with Crippen molar-refractivity contribution in [2.24, 2.45) is 5.41 Å². The molecule has 0 aromatic heterocycles. The molecule has 2 aliphatic rings. The fourth-order valence-electron chi connectivity index (χ4n) is 4.00. The van der Waals surface area contributed by atoms with Gasteiger partial charge in [-0.15, -0.1) is 0 Å². The molecule has 0 radical (unpaired) electrons. The van der Waals surface area contributed by atoms with Crippen LogP contribution >= 0.6 is 22.6 Å². The maximum absolute atomic E-state index is 13.2. The van der Waals surface area contributed by atoms with Gasteiger partial charge in [0.15, 0.2) is 5.78 Å². The van der Waals surface area contributed by atoms with Crippen molar-refractivity contribution in [3.05, 3.63) is 55.9 Å². The van der Waals surface area contributed by atoms with Crippen LogP contribution in [0, 0.1) is 8.99 Å². The van der Waals surface area contributed by atoms with Crippen LogP contribution in [0.15, 0.2) is 46.8 Å². The second-order valence-corrected chi connectivity index (χ2v) is 9.25. The van der Waals surface area contributed by atoms with Crippen LogP contribution in [0.4, 0.5) is 0 Å². The Balaban J connectivity index is 2.16. The van der Waals surface area contributed by atoms with Gasteiger partial charge in [-0.2, -0.15) is 0 Å². The number of dihydropyridines is 1. The van der Waals surface area contributed by atoms with Crippen LogP contribution in [0.5, 0.6) is 0 Å². The Bertz CT molecular complexity index is 851. The van der Waals surface area contributed by atoms with Gasteiger partial charge in [-0.05, 0) is 59.4 Å². The summed E-state index contributed by atoms with van der Waals surface area (Å²) in [5.41, 5.74) is 3.92. The molecule has 1 atom stereocenters. The predicted octanol–water partition coefficient (Wildman–Crippen LogP) is 4.85. The predicted molar refractivity (Wildman–Crippen MR) is 114 cm³/mol. The topological polar surface area (TPSA) is 55.4 Å². The molecule has 1 unspecified atom stereocenters. The lowest BCUT2D eigenvalue weighted by molar-refractivity contribution is -0.139. The van der Waals surface area contributed by atoms with Crippen molar-refractivity contribution in [1.29, 1.82) is 0 Å². The van der Waals surface area contributed by atoms with Crippen LogP contribution in [-0.4, -0.2) is 18.4 Å². The number of Topliss-reactive ketones (excluding diaryl/α,β-unsaturated/α-hetero) is 1. The summed E-state index contributed by atoms with van der Waals surface area (Å²) in [6.07, 6.45) is 2.05. The monoisotopic (exact) mass is 479 g/mol. The van der Waals surface area contributed by atoms with Gasteiger partial charge in [-0.3, -0.25) is 4.79 Å². The Kier molecular flexibility index (Phi) is 5.79. The van der Waals surface area contributed by atoms with Crippen LogP contribution in [0.3, 0.4) is 0 Å². The highest BCUT2D eigenvalue weighted by Crippen LogP contribution is 2.47. The number of carbonyl (C=O) groups excluding carboxylic acids is 2. The Hall–Kier alpha value is -1.63. The van der Waals surface area contributed by atoms with Gasteiger partial charge in [0.05, 0.1) is 12.2 Å². The lowest BCUT2D eigenvalue weighted by Crippen LogP contribution is -2.39. The van der Waals surface area contributed by atoms with Gasteiger partial charge in [0.2, 0.25) is 0 Å². The van der Waals surface area contributed by atoms with Crippen molar-refractivity contribution in [1.82, 2.24) is 5.32 Å². The van der Waals surface area contributed by atoms with Crippen molar-refractivity contribution in [3.63, 3.8) is 0 Å². The van der Waals surface area contributed by atoms with Crippen molar-refractivity contribution < 1.29 is 14.3 Å². The first-order valence-electron chi connectivity index (χ1n) is 9.40. The number of allylic oxidation sites excluding steroid dienone is 3. The fraction of sp³-hybridized carbons (Fsp3) is 0.455. The number of benzene rings is 1. The zero-order valence-electron chi connectivity index (χ0n) is 16.3. The minimum absolute atomic E-state index is 0.0855. The smallest absolute Gasteiger partial charge is 0.336 e. The zero-order chi connectivity index (χ0) is 19.8. The number of nitrogens with one attached hydrogen (secondary N) is 1. The number of esters is 1. The molecule has 1 heterocycles. The minimum atomic E-state index is -0.373. The number of ketones is 1. The number of ether oxygens (including phenoxy) is 1. The zero-order valence-corrected chi connectivity index (χ0v) is 18.5. The normalized spacial score (nSPS) is 21.7. The van der Waals surface area contributed by atoms with Crippen LogP contribution in [0.2, 0.25) is 0 Å². The summed E-state index contributed by atoms with van der Waals surface area (Å²) in [5, 5.41) is 3.37. The molecule has 1 aromatic rings. The van der Waals surface area contributed by atoms with E-state index in [4.69, 9.17) is 4.74 Å². The average molecular weight is 479 g/mol. The maximum Gasteiger partial charge on any atom is 0.336 e. The van der Waals surface area contributed by atoms with Gasteiger partial charge >= 0.3 is 5.97 Å². The summed E-state index contributed by atoms with van der Waals surface area (Å²) in [4.78, 5) is 26.1. The van der Waals surface area contributed by atoms with E-state index in [9.17, 15) is 9.59 Å². The molecule has 0 spiro atoms. The van der Waals surface area contributed by atoms with E-state index in [2.05, 4.69) is 41.8 Å². The standard InChI is InChI=1S/C22H26INO3/c1-5-10-27-21(26)18-13(2)24-16-11-22(3,4)12-17(25)20(16)19(18)14-8-6-7-9-15(14)23/h6-9,19,24H,5,10-12H2,1-4H3. The van der Waals surface area contributed by atoms with E-state index >= 15 is 0 Å². The summed E-state index contributed by atoms with van der Waals surface area (Å²) in [6.45, 7) is 8.48. The molecule has 0 bridgehead atoms. The molecular weight excluding hydrogens is 453 g/mol. The number of rotatable bonds is 4. The number of hydrogen-bond acceptors (Lipinski definition) is 4. The molecule has 0 amide bonds. The molecule has 144 valence electrons. The molecule has 3 rings (SSSR count). The SMILES string of the molecule is CCCOC(=O)C1=C(C)NC2=C(C(=O)CC(C)(C)C2)C1c1ccccc1I. The molecule has 1 aliphatic heterocycles. The first kappa shape index (κ1) is 20.1. The summed E-state index contributed by atoms with van der Waals surface area (Å²) in [5.74, 6) is -0.593. The lowest BCUT2D eigenvalue weighted by atomic mass is 9.68. The van der Waals surface area contributed by atoms with Crippen molar-refractivity contribution >= 4 is 34.3 Å². The summed E-state index contributed by atoms with van der Waals surface area (Å²) < 4.78 is 6.52. The molecule has 0 fully saturated rings. The highest BCUT2D eigenvalue weighted by molar-refractivity contribution is 14.1. The van der Waals surface area contributed by atoms with E-state index in [1.807, 2.05) is 38.1 Å². The first-order chi connectivity index (χ1) is 12.7. The van der Waals surface area contributed by atoms with Crippen LogP contribution in [0.1, 0.15) is 58.4 Å². The highest BCUT2D eigenvalue weighted by Gasteiger charge is 2.43. The van der Waals surface area contributed by atoms with E-state index in [0.717, 1.165) is 38.9 Å². The third-order valence-electron chi connectivity index (χ3n) is 5.11. The Morgan fingerprint density at radius 3 is 2.67 bits per heavy atom. The van der Waals surface area contributed by atoms with Gasteiger partial charge < -0.3 is 10.1 Å². The molecule has 1 aromatic carbocycles. The van der Waals surface area contributed by atoms with E-state index in [1.165, 1.54) is 0 Å². The van der Waals surface area contributed by atoms with Gasteiger partial charge in [0, 0.05) is 32.9 Å². The average Bonchev–Trinajstić information content (AvgIpc) is 2.57. The van der Waals surface area contributed by atoms with Crippen LogP contribution < -0.4 is 5.32 Å². The van der Waals surface area contributed by atoms with Crippen LogP contribution in [-0.2, 0) is 14.3 Å². The van der Waals surface area contributed by atoms with E-state index in [-0.39, 0.29) is 23.1 Å². The second kappa shape index (κ2) is 7.78. The third kappa shape index (κ3) is 3.98. The summed E-state index contributed by atoms with van der Waals surface area (Å²) in [7, 11) is 0. The van der Waals surface area contributed by atoms with Crippen molar-refractivity contribution in [3.8, 4) is 0 Å². The van der Waals surface area contributed by atoms with Crippen LogP contribution in [0.25, 0.3) is 0 Å². The molecule has 4 nitrogen and oxygen atoms in total. The van der Waals surface area contributed by atoms with Gasteiger partial charge in [0.1, 0.15) is 0 Å². The lowest BCUT2D eigenvalue weighted by Gasteiger charge is -2.39. The van der Waals surface area contributed by atoms with Gasteiger partial charge in [-0.25, -0.2) is 4.79 Å². The highest BCUT2D eigenvalue weighted by atomic mass is 127. The molecule has 27 heavy (non-hydrogen) atoms. The number of halogens is 1. The van der Waals surface area contributed by atoms with E-state index in [1.54, 1.807) is 0 Å². The van der Waals surface area contributed by atoms with E-state index < -0.39 is 0 Å². The Labute approximate surface area is 174 Å². The quantitative estimate of drug-likeness (QED) is 0.496. The fourth-order valence-corrected chi connectivity index (χ4v) is 4.70. The number of carbonyl (C=O) groups is 2. The van der Waals surface area contributed by atoms with Crippen molar-refractivity contribution in [2.75, 3.05) is 6.61 Å². The minimum Gasteiger partial charge on any atom is -0.462 e. The molecule has 0 saturated heterocycles. The largest absolute Gasteiger partial charge is 0.462 e. The second-order valence-electron chi connectivity index (χ2n) is 8.09. The maximum atomic E-state index is 13.2. The molecule has 5 heteroatoms. The molecular formula is C22H26INO3. The molecule has 0 saturated carbocycles. The summed E-state index contributed by atoms with van der Waals surface area (Å²) >= 11 is 2.28.